The highest BCUT2D eigenvalue weighted by Gasteiger charge is 2.57. The third-order valence-electron chi connectivity index (χ3n) is 6.21. The fourth-order valence-corrected chi connectivity index (χ4v) is 4.60. The van der Waals surface area contributed by atoms with Crippen LogP contribution in [-0.4, -0.2) is 23.5 Å². The van der Waals surface area contributed by atoms with Gasteiger partial charge in [-0.2, -0.15) is 0 Å². The lowest BCUT2D eigenvalue weighted by Crippen LogP contribution is -2.79. The van der Waals surface area contributed by atoms with Crippen molar-refractivity contribution >= 4 is 28.9 Å². The summed E-state index contributed by atoms with van der Waals surface area (Å²) in [5.41, 5.74) is -8.01. The third-order valence-corrected chi connectivity index (χ3v) is 6.21. The largest absolute Gasteiger partial charge is 0.442 e. The van der Waals surface area contributed by atoms with Crippen molar-refractivity contribution in [2.24, 2.45) is 0 Å². The maximum absolute atomic E-state index is 15.2. The van der Waals surface area contributed by atoms with Crippen LogP contribution in [0.4, 0.5) is 65.9 Å². The summed E-state index contributed by atoms with van der Waals surface area (Å²) in [6.45, 7) is -1.10. The van der Waals surface area contributed by atoms with Crippen molar-refractivity contribution < 1.29 is 70.3 Å². The highest BCUT2D eigenvalue weighted by Crippen LogP contribution is 2.28. The van der Waals surface area contributed by atoms with Gasteiger partial charge in [-0.25, -0.2) is 65.9 Å². The van der Waals surface area contributed by atoms with E-state index in [2.05, 4.69) is 0 Å². The van der Waals surface area contributed by atoms with E-state index in [0.717, 1.165) is 12.2 Å². The van der Waals surface area contributed by atoms with E-state index < -0.39 is 116 Å². The smallest absolute Gasteiger partial charge is 0.372 e. The molecular formula is C22H5BF15N. The second-order valence-electron chi connectivity index (χ2n) is 8.05. The number of benzene rings is 3. The van der Waals surface area contributed by atoms with Crippen LogP contribution in [0, 0.1) is 87.3 Å². The number of halogens is 15. The van der Waals surface area contributed by atoms with Crippen molar-refractivity contribution in [1.82, 2.24) is 0 Å². The van der Waals surface area contributed by atoms with E-state index in [4.69, 9.17) is 0 Å². The van der Waals surface area contributed by atoms with Crippen molar-refractivity contribution in [2.45, 2.75) is 0 Å². The molecule has 206 valence electrons. The van der Waals surface area contributed by atoms with Gasteiger partial charge in [-0.05, 0) is 28.5 Å². The molecule has 0 spiro atoms. The predicted molar refractivity (Wildman–Crippen MR) is 104 cm³/mol. The minimum absolute atomic E-state index is 0.0885. The van der Waals surface area contributed by atoms with Crippen molar-refractivity contribution in [3.8, 4) is 0 Å². The van der Waals surface area contributed by atoms with Gasteiger partial charge in [0.05, 0.1) is 0 Å². The molecule has 1 aliphatic rings. The zero-order valence-electron chi connectivity index (χ0n) is 18.1. The molecule has 1 heterocycles. The topological polar surface area (TPSA) is 3.01 Å². The quantitative estimate of drug-likeness (QED) is 0.187. The highest BCUT2D eigenvalue weighted by molar-refractivity contribution is 7.06. The molecule has 0 aliphatic carbocycles. The highest BCUT2D eigenvalue weighted by atomic mass is 19.2. The maximum Gasteiger partial charge on any atom is 0.372 e. The second-order valence-corrected chi connectivity index (χ2v) is 8.05. The molecule has 0 N–H and O–H groups in total. The van der Waals surface area contributed by atoms with Crippen LogP contribution < -0.4 is 16.4 Å². The van der Waals surface area contributed by atoms with Gasteiger partial charge in [0.1, 0.15) is 47.7 Å². The Bertz CT molecular complexity index is 1390. The fraction of sp³-hybridized carbons (Fsp3) is 0.0455. The minimum atomic E-state index is -5.70. The van der Waals surface area contributed by atoms with E-state index in [-0.39, 0.29) is 4.49 Å². The lowest BCUT2D eigenvalue weighted by atomic mass is 9.23. The number of hydrogen-bond donors (Lipinski definition) is 0. The Kier molecular flexibility index (Phi) is 6.76. The first-order valence-corrected chi connectivity index (χ1v) is 10.1. The van der Waals surface area contributed by atoms with E-state index in [1.165, 1.54) is 0 Å². The van der Waals surface area contributed by atoms with Crippen LogP contribution in [0.15, 0.2) is 12.2 Å². The number of nitrogens with zero attached hydrogens (tertiary/aromatic N) is 1. The Balaban J connectivity index is 2.50. The molecule has 0 unspecified atom stereocenters. The number of hydrogen-bond acceptors (Lipinski definition) is 0. The third kappa shape index (κ3) is 3.57. The van der Waals surface area contributed by atoms with Crippen molar-refractivity contribution in [2.75, 3.05) is 6.54 Å². The van der Waals surface area contributed by atoms with Gasteiger partial charge in [-0.3, -0.25) is 0 Å². The Morgan fingerprint density at radius 1 is 0.385 bits per heavy atom. The van der Waals surface area contributed by atoms with Crippen LogP contribution >= 0.6 is 0 Å². The Morgan fingerprint density at radius 2 is 0.615 bits per heavy atom. The molecule has 0 bridgehead atoms. The predicted octanol–water partition coefficient (Wildman–Crippen LogP) is 4.39. The summed E-state index contributed by atoms with van der Waals surface area (Å²) >= 11 is 0. The lowest BCUT2D eigenvalue weighted by Gasteiger charge is -2.39. The minimum Gasteiger partial charge on any atom is -0.442 e. The summed E-state index contributed by atoms with van der Waals surface area (Å²) in [7, 11) is 0. The summed E-state index contributed by atoms with van der Waals surface area (Å²) in [4.78, 5) is 0. The molecule has 0 radical (unpaired) electrons. The summed E-state index contributed by atoms with van der Waals surface area (Å²) in [6.07, 6.45) is -3.76. The van der Waals surface area contributed by atoms with Crippen LogP contribution in [-0.2, 0) is 0 Å². The van der Waals surface area contributed by atoms with Gasteiger partial charge in [0, 0.05) is 0 Å². The Morgan fingerprint density at radius 3 is 0.821 bits per heavy atom. The molecule has 39 heavy (non-hydrogen) atoms. The van der Waals surface area contributed by atoms with Crippen LogP contribution in [0.1, 0.15) is 0 Å². The molecule has 0 saturated heterocycles. The first kappa shape index (κ1) is 28.1. The monoisotopic (exact) mass is 579 g/mol. The normalized spacial score (nSPS) is 13.5. The maximum atomic E-state index is 15.2. The molecule has 0 atom stereocenters. The van der Waals surface area contributed by atoms with Gasteiger partial charge >= 0.3 is 6.28 Å². The van der Waals surface area contributed by atoms with Crippen molar-refractivity contribution in [3.63, 3.8) is 0 Å². The SMILES string of the molecule is Fc1c(F)c(F)c([B-](c2c(F)c(F)c(F)c(F)c2F)(c2c(F)c(F)c(F)c(F)c2F)[N+]2=CC=CC2)c(F)c1F. The molecule has 0 amide bonds. The summed E-state index contributed by atoms with van der Waals surface area (Å²) in [5.74, 6) is -45.4. The van der Waals surface area contributed by atoms with Gasteiger partial charge < -0.3 is 4.49 Å². The molecule has 1 aliphatic heterocycles. The Hall–Kier alpha value is -3.92. The van der Waals surface area contributed by atoms with Crippen LogP contribution in [0.5, 0.6) is 0 Å². The average Bonchev–Trinajstić information content (AvgIpc) is 3.46. The second kappa shape index (κ2) is 9.38. The van der Waals surface area contributed by atoms with Gasteiger partial charge in [0.25, 0.3) is 0 Å². The Labute approximate surface area is 206 Å². The molecule has 17 heteroatoms. The van der Waals surface area contributed by atoms with Crippen molar-refractivity contribution in [3.05, 3.63) is 99.4 Å². The lowest BCUT2D eigenvalue weighted by molar-refractivity contribution is -0.369. The van der Waals surface area contributed by atoms with Gasteiger partial charge in [0.2, 0.25) is 0 Å². The first-order chi connectivity index (χ1) is 18.1. The summed E-state index contributed by atoms with van der Waals surface area (Å²) in [5, 5.41) is 0. The zero-order valence-corrected chi connectivity index (χ0v) is 18.1. The number of allylic oxidation sites excluding steroid dienone is 1. The molecular weight excluding hydrogens is 574 g/mol. The van der Waals surface area contributed by atoms with E-state index in [1.807, 2.05) is 0 Å². The molecule has 3 aromatic rings. The molecule has 0 fully saturated rings. The number of rotatable bonds is 4. The average molecular weight is 579 g/mol. The van der Waals surface area contributed by atoms with Gasteiger partial charge in [-0.15, -0.1) is 0 Å². The van der Waals surface area contributed by atoms with Gasteiger partial charge in [0.15, 0.2) is 52.4 Å². The summed E-state index contributed by atoms with van der Waals surface area (Å²) in [6, 6.07) is 0. The van der Waals surface area contributed by atoms with E-state index >= 15 is 26.3 Å². The molecule has 3 aromatic carbocycles. The van der Waals surface area contributed by atoms with Crippen LogP contribution in [0.2, 0.25) is 0 Å². The van der Waals surface area contributed by atoms with E-state index in [0.29, 0.717) is 6.21 Å². The van der Waals surface area contributed by atoms with Crippen molar-refractivity contribution in [1.29, 1.82) is 0 Å². The van der Waals surface area contributed by atoms with Crippen LogP contribution in [0.25, 0.3) is 0 Å². The summed E-state index contributed by atoms with van der Waals surface area (Å²) < 4.78 is 219. The standard InChI is InChI=1S/C22H5BF15N/c24-8-5(9(25)15(31)20(36)14(8)30)23(39-3-1-2-4-39,6-10(26)16(32)21(37)17(33)11(6)27)7-12(28)18(34)22(38)19(35)13(7)29/h1-3H,4H2. The zero-order chi connectivity index (χ0) is 29.3. The molecule has 0 aromatic heterocycles. The molecule has 4 rings (SSSR count). The first-order valence-electron chi connectivity index (χ1n) is 10.1. The van der Waals surface area contributed by atoms with Crippen LogP contribution in [0.3, 0.4) is 0 Å². The molecule has 1 nitrogen and oxygen atoms in total. The molecule has 0 saturated carbocycles. The van der Waals surface area contributed by atoms with E-state index in [1.54, 1.807) is 0 Å². The van der Waals surface area contributed by atoms with E-state index in [9.17, 15) is 39.5 Å². The fourth-order valence-electron chi connectivity index (χ4n) is 4.60. The van der Waals surface area contributed by atoms with Gasteiger partial charge in [-0.1, -0.05) is 0 Å².